The molecule has 0 aliphatic heterocycles. The Bertz CT molecular complexity index is 149. The van der Waals surface area contributed by atoms with Crippen LogP contribution >= 0.6 is 21.2 Å². The molecule has 0 bridgehead atoms. The van der Waals surface area contributed by atoms with E-state index in [1.54, 1.807) is 0 Å². The van der Waals surface area contributed by atoms with Crippen molar-refractivity contribution in [3.63, 3.8) is 0 Å². The van der Waals surface area contributed by atoms with Crippen molar-refractivity contribution in [3.05, 3.63) is 0 Å². The molecule has 0 aliphatic carbocycles. The van der Waals surface area contributed by atoms with Crippen LogP contribution in [-0.4, -0.2) is 28.4 Å². The summed E-state index contributed by atoms with van der Waals surface area (Å²) < 4.78 is 9.91. The zero-order chi connectivity index (χ0) is 12.2. The first-order valence-corrected chi connectivity index (χ1v) is 7.45. The normalized spacial score (nSPS) is 13.3. The number of rotatable bonds is 11. The molecular formula is C10H23O4PS. The molecule has 0 radical (unpaired) electrons. The first kappa shape index (κ1) is 16.6. The van der Waals surface area contributed by atoms with Gasteiger partial charge in [-0.25, -0.2) is 0 Å². The molecule has 1 atom stereocenters. The van der Waals surface area contributed by atoms with Crippen LogP contribution in [0.25, 0.3) is 0 Å². The van der Waals surface area contributed by atoms with Gasteiger partial charge in [0.25, 0.3) is 0 Å². The molecule has 6 heteroatoms. The van der Waals surface area contributed by atoms with Crippen LogP contribution in [-0.2, 0) is 9.26 Å². The second-order valence-corrected chi connectivity index (χ2v) is 4.98. The molecular weight excluding hydrogens is 247 g/mol. The molecule has 1 unspecified atom stereocenters. The van der Waals surface area contributed by atoms with Crippen LogP contribution in [0.1, 0.15) is 45.4 Å². The van der Waals surface area contributed by atoms with Crippen molar-refractivity contribution >= 4 is 21.2 Å². The van der Waals surface area contributed by atoms with Gasteiger partial charge in [0.2, 0.25) is 0 Å². The Morgan fingerprint density at radius 1 is 1.12 bits per heavy atom. The maximum atomic E-state index is 8.50. The first-order chi connectivity index (χ1) is 7.66. The summed E-state index contributed by atoms with van der Waals surface area (Å²) in [6.07, 6.45) is 7.31. The molecule has 0 saturated heterocycles. The molecule has 0 fully saturated rings. The average molecular weight is 270 g/mol. The quantitative estimate of drug-likeness (QED) is 0.234. The molecule has 0 amide bonds. The van der Waals surface area contributed by atoms with E-state index in [-0.39, 0.29) is 12.0 Å². The molecule has 0 saturated carbocycles. The number of thiol groups is 1. The molecule has 16 heavy (non-hydrogen) atoms. The molecule has 0 spiro atoms. The predicted octanol–water partition coefficient (Wildman–Crippen LogP) is 2.85. The highest BCUT2D eigenvalue weighted by Crippen LogP contribution is 2.25. The lowest BCUT2D eigenvalue weighted by molar-refractivity contribution is 0.0706. The highest BCUT2D eigenvalue weighted by molar-refractivity contribution is 7.80. The van der Waals surface area contributed by atoms with Gasteiger partial charge in [0.15, 0.2) is 0 Å². The van der Waals surface area contributed by atoms with Gasteiger partial charge in [-0.2, -0.15) is 0 Å². The van der Waals surface area contributed by atoms with Crippen molar-refractivity contribution < 1.29 is 19.0 Å². The van der Waals surface area contributed by atoms with Crippen LogP contribution < -0.4 is 0 Å². The van der Waals surface area contributed by atoms with Crippen LogP contribution in [0.5, 0.6) is 0 Å². The monoisotopic (exact) mass is 270 g/mol. The molecule has 0 aromatic rings. The summed E-state index contributed by atoms with van der Waals surface area (Å²) in [7, 11) is -2.29. The van der Waals surface area contributed by atoms with Crippen molar-refractivity contribution in [1.29, 1.82) is 0 Å². The van der Waals surface area contributed by atoms with Crippen LogP contribution in [0, 0.1) is 0 Å². The second kappa shape index (κ2) is 12.1. The summed E-state index contributed by atoms with van der Waals surface area (Å²) in [6.45, 7) is 2.96. The van der Waals surface area contributed by atoms with Gasteiger partial charge in [0, 0.05) is 6.61 Å². The fourth-order valence-corrected chi connectivity index (χ4v) is 1.85. The van der Waals surface area contributed by atoms with Crippen LogP contribution in [0.2, 0.25) is 0 Å². The SMILES string of the molecule is CCCCCCCCOC(S)COP(O)O. The molecule has 0 aromatic heterocycles. The number of hydrogen-bond acceptors (Lipinski definition) is 5. The summed E-state index contributed by atoms with van der Waals surface area (Å²) in [5, 5.41) is 0. The molecule has 0 aliphatic rings. The van der Waals surface area contributed by atoms with Gasteiger partial charge in [-0.1, -0.05) is 39.0 Å². The van der Waals surface area contributed by atoms with E-state index in [4.69, 9.17) is 14.5 Å². The summed E-state index contributed by atoms with van der Waals surface area (Å²) in [5.74, 6) is 0. The van der Waals surface area contributed by atoms with E-state index in [0.717, 1.165) is 6.42 Å². The summed E-state index contributed by atoms with van der Waals surface area (Å²) in [4.78, 5) is 17.0. The van der Waals surface area contributed by atoms with E-state index in [1.807, 2.05) is 0 Å². The smallest absolute Gasteiger partial charge is 0.327 e. The summed E-state index contributed by atoms with van der Waals surface area (Å²) in [6, 6.07) is 0. The molecule has 2 N–H and O–H groups in total. The Morgan fingerprint density at radius 3 is 2.38 bits per heavy atom. The highest BCUT2D eigenvalue weighted by atomic mass is 32.1. The van der Waals surface area contributed by atoms with E-state index in [0.29, 0.717) is 6.61 Å². The standard InChI is InChI=1S/C10H23O4PS/c1-2-3-4-5-6-7-8-13-10(16)9-14-15(11)12/h10-12,16H,2-9H2,1H3. The minimum Gasteiger partial charge on any atom is -0.365 e. The van der Waals surface area contributed by atoms with Gasteiger partial charge < -0.3 is 19.0 Å². The minimum absolute atomic E-state index is 0.109. The van der Waals surface area contributed by atoms with Crippen LogP contribution in [0.15, 0.2) is 0 Å². The maximum absolute atomic E-state index is 8.50. The zero-order valence-corrected chi connectivity index (χ0v) is 11.6. The number of unbranched alkanes of at least 4 members (excludes halogenated alkanes) is 5. The van der Waals surface area contributed by atoms with Crippen molar-refractivity contribution in [2.45, 2.75) is 50.9 Å². The molecule has 4 nitrogen and oxygen atoms in total. The van der Waals surface area contributed by atoms with Crippen LogP contribution in [0.3, 0.4) is 0 Å². The lowest BCUT2D eigenvalue weighted by Crippen LogP contribution is -2.12. The lowest BCUT2D eigenvalue weighted by Gasteiger charge is -2.12. The minimum atomic E-state index is -2.29. The zero-order valence-electron chi connectivity index (χ0n) is 9.84. The van der Waals surface area contributed by atoms with E-state index in [2.05, 4.69) is 24.1 Å². The Balaban J connectivity index is 3.12. The van der Waals surface area contributed by atoms with Gasteiger partial charge in [0.05, 0.1) is 6.61 Å². The van der Waals surface area contributed by atoms with E-state index in [9.17, 15) is 0 Å². The summed E-state index contributed by atoms with van der Waals surface area (Å²) in [5.41, 5.74) is -0.375. The summed E-state index contributed by atoms with van der Waals surface area (Å²) >= 11 is 4.10. The molecule has 0 rings (SSSR count). The van der Waals surface area contributed by atoms with Crippen LogP contribution in [0.4, 0.5) is 0 Å². The average Bonchev–Trinajstić information content (AvgIpc) is 2.25. The third kappa shape index (κ3) is 12.7. The lowest BCUT2D eigenvalue weighted by atomic mass is 10.1. The maximum Gasteiger partial charge on any atom is 0.327 e. The molecule has 0 heterocycles. The Labute approximate surface area is 105 Å². The molecule has 0 aromatic carbocycles. The Morgan fingerprint density at radius 2 is 1.75 bits per heavy atom. The predicted molar refractivity (Wildman–Crippen MR) is 69.4 cm³/mol. The van der Waals surface area contributed by atoms with E-state index >= 15 is 0 Å². The van der Waals surface area contributed by atoms with Crippen molar-refractivity contribution in [3.8, 4) is 0 Å². The Hall–Kier alpha value is 0.620. The van der Waals surface area contributed by atoms with Crippen molar-refractivity contribution in [2.24, 2.45) is 0 Å². The second-order valence-electron chi connectivity index (χ2n) is 3.64. The third-order valence-electron chi connectivity index (χ3n) is 2.14. The van der Waals surface area contributed by atoms with Gasteiger partial charge in [-0.15, -0.1) is 12.6 Å². The van der Waals surface area contributed by atoms with E-state index < -0.39 is 8.60 Å². The van der Waals surface area contributed by atoms with Gasteiger partial charge >= 0.3 is 8.60 Å². The van der Waals surface area contributed by atoms with Gasteiger partial charge in [0.1, 0.15) is 5.44 Å². The fourth-order valence-electron chi connectivity index (χ4n) is 1.28. The third-order valence-corrected chi connectivity index (χ3v) is 2.82. The largest absolute Gasteiger partial charge is 0.365 e. The number of ether oxygens (including phenoxy) is 1. The topological polar surface area (TPSA) is 58.9 Å². The number of hydrogen-bond donors (Lipinski definition) is 3. The molecule has 98 valence electrons. The van der Waals surface area contributed by atoms with E-state index in [1.165, 1.54) is 32.1 Å². The van der Waals surface area contributed by atoms with Gasteiger partial charge in [-0.3, -0.25) is 0 Å². The highest BCUT2D eigenvalue weighted by Gasteiger charge is 2.06. The van der Waals surface area contributed by atoms with Crippen molar-refractivity contribution in [2.75, 3.05) is 13.2 Å². The Kier molecular flexibility index (Phi) is 12.6. The van der Waals surface area contributed by atoms with Crippen molar-refractivity contribution in [1.82, 2.24) is 0 Å². The fraction of sp³-hybridized carbons (Fsp3) is 1.00. The van der Waals surface area contributed by atoms with Gasteiger partial charge in [-0.05, 0) is 6.42 Å². The first-order valence-electron chi connectivity index (χ1n) is 5.77.